The Hall–Kier alpha value is -2.61. The summed E-state index contributed by atoms with van der Waals surface area (Å²) in [5, 5.41) is 2.90. The number of anilines is 1. The highest BCUT2D eigenvalue weighted by atomic mass is 32.2. The van der Waals surface area contributed by atoms with E-state index in [-0.39, 0.29) is 11.7 Å². The third-order valence-electron chi connectivity index (χ3n) is 4.70. The number of benzene rings is 2. The fourth-order valence-corrected chi connectivity index (χ4v) is 4.42. The van der Waals surface area contributed by atoms with Gasteiger partial charge in [-0.25, -0.2) is 12.8 Å². The highest BCUT2D eigenvalue weighted by molar-refractivity contribution is 7.92. The number of nitrogens with zero attached hydrogens (tertiary/aromatic N) is 1. The zero-order valence-corrected chi connectivity index (χ0v) is 18.1. The number of rotatable bonds is 8. The van der Waals surface area contributed by atoms with E-state index in [9.17, 15) is 17.6 Å². The van der Waals surface area contributed by atoms with Gasteiger partial charge in [0.2, 0.25) is 15.9 Å². The van der Waals surface area contributed by atoms with Gasteiger partial charge in [-0.05, 0) is 55.7 Å². The highest BCUT2D eigenvalue weighted by Gasteiger charge is 2.30. The summed E-state index contributed by atoms with van der Waals surface area (Å²) < 4.78 is 44.5. The number of sulfonamides is 1. The first-order valence-corrected chi connectivity index (χ1v) is 11.1. The van der Waals surface area contributed by atoms with Crippen LogP contribution in [0.1, 0.15) is 37.4 Å². The number of hydrogen-bond donors (Lipinski definition) is 1. The van der Waals surface area contributed by atoms with Gasteiger partial charge in [-0.3, -0.25) is 9.10 Å². The van der Waals surface area contributed by atoms with E-state index in [2.05, 4.69) is 5.32 Å². The number of carbonyl (C=O) groups excluding carboxylic acids is 1. The third-order valence-corrected chi connectivity index (χ3v) is 5.94. The first kappa shape index (κ1) is 22.7. The predicted octanol–water partition coefficient (Wildman–Crippen LogP) is 3.56. The van der Waals surface area contributed by atoms with Crippen LogP contribution in [0.4, 0.5) is 10.1 Å². The SMILES string of the molecule is CC[C@@H](NC(=O)[C@@H](C)N(c1cccc(F)c1)S(C)(=O)=O)c1ccc(OC)c(C)c1. The van der Waals surface area contributed by atoms with E-state index in [4.69, 9.17) is 4.74 Å². The maximum absolute atomic E-state index is 13.6. The molecule has 2 aromatic carbocycles. The van der Waals surface area contributed by atoms with Crippen LogP contribution in [-0.2, 0) is 14.8 Å². The number of ether oxygens (including phenoxy) is 1. The molecule has 158 valence electrons. The monoisotopic (exact) mass is 422 g/mol. The Morgan fingerprint density at radius 3 is 2.45 bits per heavy atom. The van der Waals surface area contributed by atoms with E-state index < -0.39 is 27.8 Å². The molecular formula is C21H27FN2O4S. The zero-order valence-electron chi connectivity index (χ0n) is 17.3. The fraction of sp³-hybridized carbons (Fsp3) is 0.381. The molecule has 6 nitrogen and oxygen atoms in total. The van der Waals surface area contributed by atoms with E-state index in [0.29, 0.717) is 6.42 Å². The molecule has 0 radical (unpaired) electrons. The number of nitrogens with one attached hydrogen (secondary N) is 1. The van der Waals surface area contributed by atoms with Crippen molar-refractivity contribution in [1.29, 1.82) is 0 Å². The van der Waals surface area contributed by atoms with Crippen molar-refractivity contribution in [3.63, 3.8) is 0 Å². The minimum atomic E-state index is -3.81. The molecule has 1 N–H and O–H groups in total. The van der Waals surface area contributed by atoms with Gasteiger partial charge in [0.1, 0.15) is 17.6 Å². The lowest BCUT2D eigenvalue weighted by atomic mass is 10.0. The summed E-state index contributed by atoms with van der Waals surface area (Å²) in [5.41, 5.74) is 1.93. The van der Waals surface area contributed by atoms with Crippen LogP contribution in [0.25, 0.3) is 0 Å². The molecule has 8 heteroatoms. The molecule has 1 amide bonds. The molecule has 0 bridgehead atoms. The van der Waals surface area contributed by atoms with Gasteiger partial charge < -0.3 is 10.1 Å². The quantitative estimate of drug-likeness (QED) is 0.706. The molecule has 0 aromatic heterocycles. The molecule has 0 spiro atoms. The fourth-order valence-electron chi connectivity index (χ4n) is 3.25. The van der Waals surface area contributed by atoms with Crippen LogP contribution in [0, 0.1) is 12.7 Å². The smallest absolute Gasteiger partial charge is 0.244 e. The van der Waals surface area contributed by atoms with Crippen molar-refractivity contribution in [2.75, 3.05) is 17.7 Å². The van der Waals surface area contributed by atoms with Gasteiger partial charge in [-0.1, -0.05) is 25.1 Å². The van der Waals surface area contributed by atoms with Crippen molar-refractivity contribution in [2.45, 2.75) is 39.3 Å². The third kappa shape index (κ3) is 5.47. The van der Waals surface area contributed by atoms with Crippen LogP contribution in [0.5, 0.6) is 5.75 Å². The summed E-state index contributed by atoms with van der Waals surface area (Å²) in [4.78, 5) is 12.9. The number of hydrogen-bond acceptors (Lipinski definition) is 4. The summed E-state index contributed by atoms with van der Waals surface area (Å²) in [5.74, 6) is -0.304. The van der Waals surface area contributed by atoms with Gasteiger partial charge in [-0.2, -0.15) is 0 Å². The van der Waals surface area contributed by atoms with Crippen molar-refractivity contribution in [3.8, 4) is 5.75 Å². The van der Waals surface area contributed by atoms with Crippen LogP contribution in [0.3, 0.4) is 0 Å². The molecule has 0 aliphatic heterocycles. The molecule has 0 unspecified atom stereocenters. The van der Waals surface area contributed by atoms with Crippen molar-refractivity contribution >= 4 is 21.6 Å². The molecule has 0 saturated heterocycles. The van der Waals surface area contributed by atoms with Crippen molar-refractivity contribution in [3.05, 3.63) is 59.4 Å². The predicted molar refractivity (Wildman–Crippen MR) is 112 cm³/mol. The van der Waals surface area contributed by atoms with E-state index >= 15 is 0 Å². The molecule has 2 aromatic rings. The summed E-state index contributed by atoms with van der Waals surface area (Å²) in [6.07, 6.45) is 1.61. The topological polar surface area (TPSA) is 75.7 Å². The first-order valence-electron chi connectivity index (χ1n) is 9.28. The number of methoxy groups -OCH3 is 1. The molecule has 0 fully saturated rings. The lowest BCUT2D eigenvalue weighted by molar-refractivity contribution is -0.122. The molecule has 0 aliphatic carbocycles. The van der Waals surface area contributed by atoms with E-state index in [1.54, 1.807) is 7.11 Å². The second kappa shape index (κ2) is 9.26. The number of aryl methyl sites for hydroxylation is 1. The first-order chi connectivity index (χ1) is 13.6. The van der Waals surface area contributed by atoms with Crippen LogP contribution >= 0.6 is 0 Å². The van der Waals surface area contributed by atoms with Crippen molar-refractivity contribution < 1.29 is 22.3 Å². The van der Waals surface area contributed by atoms with E-state index in [0.717, 1.165) is 33.5 Å². The zero-order chi connectivity index (χ0) is 21.8. The number of amides is 1. The summed E-state index contributed by atoms with van der Waals surface area (Å²) in [6.45, 7) is 5.32. The molecule has 2 atom stereocenters. The summed E-state index contributed by atoms with van der Waals surface area (Å²) >= 11 is 0. The number of halogens is 1. The largest absolute Gasteiger partial charge is 0.496 e. The van der Waals surface area contributed by atoms with Crippen LogP contribution in [0.15, 0.2) is 42.5 Å². The van der Waals surface area contributed by atoms with Crippen LogP contribution < -0.4 is 14.4 Å². The lowest BCUT2D eigenvalue weighted by Gasteiger charge is -2.30. The van der Waals surface area contributed by atoms with Crippen molar-refractivity contribution in [1.82, 2.24) is 5.32 Å². The Morgan fingerprint density at radius 2 is 1.93 bits per heavy atom. The highest BCUT2D eigenvalue weighted by Crippen LogP contribution is 2.26. The van der Waals surface area contributed by atoms with Gasteiger partial charge in [0.15, 0.2) is 0 Å². The second-order valence-electron chi connectivity index (χ2n) is 6.91. The lowest BCUT2D eigenvalue weighted by Crippen LogP contribution is -2.48. The number of carbonyl (C=O) groups is 1. The molecule has 29 heavy (non-hydrogen) atoms. The van der Waals surface area contributed by atoms with Gasteiger partial charge in [-0.15, -0.1) is 0 Å². The summed E-state index contributed by atoms with van der Waals surface area (Å²) in [7, 11) is -2.22. The van der Waals surface area contributed by atoms with Crippen molar-refractivity contribution in [2.24, 2.45) is 0 Å². The summed E-state index contributed by atoms with van der Waals surface area (Å²) in [6, 6.07) is 9.44. The maximum Gasteiger partial charge on any atom is 0.244 e. The molecule has 0 aliphatic rings. The Bertz CT molecular complexity index is 978. The van der Waals surface area contributed by atoms with Gasteiger partial charge in [0.05, 0.1) is 25.1 Å². The Kier molecular flexibility index (Phi) is 7.24. The van der Waals surface area contributed by atoms with Gasteiger partial charge in [0, 0.05) is 0 Å². The molecule has 0 saturated carbocycles. The normalized spacial score (nSPS) is 13.4. The van der Waals surface area contributed by atoms with E-state index in [1.807, 2.05) is 32.0 Å². The Balaban J connectivity index is 2.29. The standard InChI is InChI=1S/C21H27FN2O4S/c1-6-19(16-10-11-20(28-4)14(2)12-16)23-21(25)15(3)24(29(5,26)27)18-9-7-8-17(22)13-18/h7-13,15,19H,6H2,1-5H3,(H,23,25)/t15-,19-/m1/s1. The molecule has 0 heterocycles. The van der Waals surface area contributed by atoms with Crippen LogP contribution in [0.2, 0.25) is 0 Å². The average Bonchev–Trinajstić information content (AvgIpc) is 2.64. The molecule has 2 rings (SSSR count). The average molecular weight is 423 g/mol. The van der Waals surface area contributed by atoms with Gasteiger partial charge in [0.25, 0.3) is 0 Å². The maximum atomic E-state index is 13.6. The van der Waals surface area contributed by atoms with Gasteiger partial charge >= 0.3 is 0 Å². The second-order valence-corrected chi connectivity index (χ2v) is 8.77. The Labute approximate surface area is 171 Å². The minimum Gasteiger partial charge on any atom is -0.496 e. The minimum absolute atomic E-state index is 0.100. The van der Waals surface area contributed by atoms with E-state index in [1.165, 1.54) is 25.1 Å². The Morgan fingerprint density at radius 1 is 1.24 bits per heavy atom. The molecular weight excluding hydrogens is 395 g/mol. The van der Waals surface area contributed by atoms with Crippen LogP contribution in [-0.4, -0.2) is 33.7 Å².